The number of benzene rings is 1. The van der Waals surface area contributed by atoms with Gasteiger partial charge in [-0.2, -0.15) is 0 Å². The summed E-state index contributed by atoms with van der Waals surface area (Å²) in [6.45, 7) is 1.09. The second-order valence-electron chi connectivity index (χ2n) is 4.05. The Labute approximate surface area is 115 Å². The average molecular weight is 288 g/mol. The predicted octanol–water partition coefficient (Wildman–Crippen LogP) is 1.51. The van der Waals surface area contributed by atoms with Crippen molar-refractivity contribution in [3.05, 3.63) is 23.8 Å². The van der Waals surface area contributed by atoms with E-state index < -0.39 is 18.9 Å². The van der Waals surface area contributed by atoms with E-state index >= 15 is 0 Å². The number of halogens is 2. The summed E-state index contributed by atoms with van der Waals surface area (Å²) in [5, 5.41) is 8.93. The van der Waals surface area contributed by atoms with Gasteiger partial charge in [0.1, 0.15) is 0 Å². The van der Waals surface area contributed by atoms with Gasteiger partial charge in [-0.15, -0.1) is 0 Å². The van der Waals surface area contributed by atoms with E-state index in [-0.39, 0.29) is 31.0 Å². The zero-order valence-corrected chi connectivity index (χ0v) is 11.2. The lowest BCUT2D eigenvalue weighted by Crippen LogP contribution is -2.31. The van der Waals surface area contributed by atoms with Crippen LogP contribution in [-0.2, 0) is 4.74 Å². The molecular weight excluding hydrogens is 270 g/mol. The molecule has 0 aliphatic rings. The first-order chi connectivity index (χ1) is 9.49. The van der Waals surface area contributed by atoms with Gasteiger partial charge in [0.15, 0.2) is 0 Å². The molecule has 20 heavy (non-hydrogen) atoms. The summed E-state index contributed by atoms with van der Waals surface area (Å²) < 4.78 is 29.9. The quantitative estimate of drug-likeness (QED) is 0.587. The zero-order chi connectivity index (χ0) is 15.1. The lowest BCUT2D eigenvalue weighted by Gasteiger charge is -2.24. The number of hydrogen-bond donors (Lipinski definition) is 2. The number of aliphatic hydroxyl groups is 1. The summed E-state index contributed by atoms with van der Waals surface area (Å²) >= 11 is 0. The van der Waals surface area contributed by atoms with Crippen LogP contribution in [-0.4, -0.2) is 43.8 Å². The molecule has 0 amide bonds. The molecule has 5 nitrogen and oxygen atoms in total. The highest BCUT2D eigenvalue weighted by Gasteiger charge is 2.17. The van der Waals surface area contributed by atoms with Gasteiger partial charge in [0.05, 0.1) is 25.3 Å². The van der Waals surface area contributed by atoms with E-state index in [0.717, 1.165) is 0 Å². The maximum atomic E-state index is 12.5. The number of carbonyl (C=O) groups is 1. The van der Waals surface area contributed by atoms with Crippen LogP contribution >= 0.6 is 0 Å². The molecule has 0 unspecified atom stereocenters. The highest BCUT2D eigenvalue weighted by atomic mass is 19.3. The number of hydrogen-bond acceptors (Lipinski definition) is 5. The Morgan fingerprint density at radius 1 is 1.50 bits per heavy atom. The Morgan fingerprint density at radius 3 is 2.75 bits per heavy atom. The van der Waals surface area contributed by atoms with Crippen molar-refractivity contribution in [2.45, 2.75) is 13.3 Å². The predicted molar refractivity (Wildman–Crippen MR) is 72.1 cm³/mol. The Kier molecular flexibility index (Phi) is 6.17. The minimum Gasteiger partial charge on any atom is -0.462 e. The first kappa shape index (κ1) is 16.2. The minimum absolute atomic E-state index is 0.0382. The topological polar surface area (TPSA) is 75.8 Å². The second-order valence-corrected chi connectivity index (χ2v) is 4.05. The molecule has 1 aromatic rings. The first-order valence-electron chi connectivity index (χ1n) is 6.20. The van der Waals surface area contributed by atoms with E-state index in [9.17, 15) is 13.6 Å². The molecule has 0 saturated heterocycles. The summed E-state index contributed by atoms with van der Waals surface area (Å²) in [6.07, 6.45) is -2.55. The highest BCUT2D eigenvalue weighted by Crippen LogP contribution is 2.22. The van der Waals surface area contributed by atoms with Gasteiger partial charge in [0.2, 0.25) is 0 Å². The number of nitrogen functional groups attached to an aromatic ring is 1. The van der Waals surface area contributed by atoms with Gasteiger partial charge in [-0.3, -0.25) is 0 Å². The van der Waals surface area contributed by atoms with Crippen LogP contribution in [0.1, 0.15) is 17.3 Å². The van der Waals surface area contributed by atoms with Crippen LogP contribution < -0.4 is 10.6 Å². The third kappa shape index (κ3) is 4.34. The lowest BCUT2D eigenvalue weighted by molar-refractivity contribution is 0.0527. The third-order valence-corrected chi connectivity index (χ3v) is 2.63. The lowest BCUT2D eigenvalue weighted by atomic mass is 10.1. The Morgan fingerprint density at radius 2 is 2.20 bits per heavy atom. The van der Waals surface area contributed by atoms with Gasteiger partial charge < -0.3 is 20.5 Å². The van der Waals surface area contributed by atoms with Gasteiger partial charge in [0, 0.05) is 17.9 Å². The molecular formula is C13H18F2N2O3. The molecule has 0 radical (unpaired) electrons. The van der Waals surface area contributed by atoms with E-state index in [1.165, 1.54) is 23.1 Å². The van der Waals surface area contributed by atoms with Crippen LogP contribution in [0.5, 0.6) is 0 Å². The Balaban J connectivity index is 3.04. The second kappa shape index (κ2) is 7.64. The minimum atomic E-state index is -2.55. The van der Waals surface area contributed by atoms with Crippen molar-refractivity contribution in [3.63, 3.8) is 0 Å². The van der Waals surface area contributed by atoms with Crippen LogP contribution in [0.25, 0.3) is 0 Å². The van der Waals surface area contributed by atoms with E-state index in [4.69, 9.17) is 15.6 Å². The summed E-state index contributed by atoms with van der Waals surface area (Å²) in [5.41, 5.74) is 6.41. The molecule has 112 valence electrons. The fourth-order valence-corrected chi connectivity index (χ4v) is 1.74. The summed E-state index contributed by atoms with van der Waals surface area (Å²) in [5.74, 6) is -0.604. The van der Waals surface area contributed by atoms with Crippen molar-refractivity contribution in [1.29, 1.82) is 0 Å². The smallest absolute Gasteiger partial charge is 0.340 e. The molecule has 3 N–H and O–H groups in total. The fourth-order valence-electron chi connectivity index (χ4n) is 1.74. The molecule has 0 atom stereocenters. The number of alkyl halides is 2. The average Bonchev–Trinajstić information content (AvgIpc) is 2.38. The number of esters is 1. The molecule has 0 heterocycles. The summed E-state index contributed by atoms with van der Waals surface area (Å²) in [7, 11) is 0. The number of nitrogens with two attached hydrogens (primary N) is 1. The number of rotatable bonds is 7. The molecule has 0 aromatic heterocycles. The van der Waals surface area contributed by atoms with E-state index in [1.807, 2.05) is 0 Å². The zero-order valence-electron chi connectivity index (χ0n) is 11.2. The van der Waals surface area contributed by atoms with Crippen LogP contribution in [0, 0.1) is 0 Å². The Bertz CT molecular complexity index is 455. The van der Waals surface area contributed by atoms with Crippen molar-refractivity contribution in [2.24, 2.45) is 0 Å². The molecule has 0 aliphatic carbocycles. The SMILES string of the molecule is CCOC(=O)c1cc(N(CCO)CC(F)F)ccc1N. The monoisotopic (exact) mass is 288 g/mol. The van der Waals surface area contributed by atoms with Gasteiger partial charge >= 0.3 is 5.97 Å². The van der Waals surface area contributed by atoms with E-state index in [0.29, 0.717) is 5.69 Å². The molecule has 1 aromatic carbocycles. The maximum absolute atomic E-state index is 12.5. The maximum Gasteiger partial charge on any atom is 0.340 e. The first-order valence-corrected chi connectivity index (χ1v) is 6.20. The fraction of sp³-hybridized carbons (Fsp3) is 0.462. The molecule has 0 saturated carbocycles. The van der Waals surface area contributed by atoms with E-state index in [2.05, 4.69) is 0 Å². The van der Waals surface area contributed by atoms with Crippen LogP contribution in [0.3, 0.4) is 0 Å². The van der Waals surface area contributed by atoms with E-state index in [1.54, 1.807) is 6.92 Å². The van der Waals surface area contributed by atoms with Crippen LogP contribution in [0.4, 0.5) is 20.2 Å². The van der Waals surface area contributed by atoms with Gasteiger partial charge in [-0.25, -0.2) is 13.6 Å². The van der Waals surface area contributed by atoms with Crippen molar-refractivity contribution in [2.75, 3.05) is 36.9 Å². The standard InChI is InChI=1S/C13H18F2N2O3/c1-2-20-13(19)10-7-9(3-4-11(10)16)17(5-6-18)8-12(14)15/h3-4,7,12,18H,2,5-6,8,16H2,1H3. The molecule has 1 rings (SSSR count). The number of nitrogens with zero attached hydrogens (tertiary/aromatic N) is 1. The third-order valence-electron chi connectivity index (χ3n) is 2.63. The van der Waals surface area contributed by atoms with Crippen molar-refractivity contribution in [1.82, 2.24) is 0 Å². The molecule has 0 spiro atoms. The largest absolute Gasteiger partial charge is 0.462 e. The number of carbonyl (C=O) groups excluding carboxylic acids is 1. The van der Waals surface area contributed by atoms with Gasteiger partial charge in [-0.05, 0) is 25.1 Å². The summed E-state index contributed by atoms with van der Waals surface area (Å²) in [6, 6.07) is 4.37. The van der Waals surface area contributed by atoms with Gasteiger partial charge in [-0.1, -0.05) is 0 Å². The molecule has 0 aliphatic heterocycles. The van der Waals surface area contributed by atoms with Crippen molar-refractivity contribution in [3.8, 4) is 0 Å². The Hall–Kier alpha value is -1.89. The number of aliphatic hydroxyl groups excluding tert-OH is 1. The van der Waals surface area contributed by atoms with Gasteiger partial charge in [0.25, 0.3) is 6.43 Å². The number of anilines is 2. The van der Waals surface area contributed by atoms with Crippen molar-refractivity contribution >= 4 is 17.3 Å². The van der Waals surface area contributed by atoms with Crippen LogP contribution in [0.15, 0.2) is 18.2 Å². The van der Waals surface area contributed by atoms with Crippen LogP contribution in [0.2, 0.25) is 0 Å². The summed E-state index contributed by atoms with van der Waals surface area (Å²) in [4.78, 5) is 13.0. The van der Waals surface area contributed by atoms with Crippen molar-refractivity contribution < 1.29 is 23.4 Å². The molecule has 0 bridgehead atoms. The number of ether oxygens (including phenoxy) is 1. The molecule has 0 fully saturated rings. The highest BCUT2D eigenvalue weighted by molar-refractivity contribution is 5.96. The molecule has 7 heteroatoms. The normalized spacial score (nSPS) is 10.7.